The monoisotopic (exact) mass is 306 g/mol. The predicted molar refractivity (Wildman–Crippen MR) is 83.4 cm³/mol. The first-order valence-corrected chi connectivity index (χ1v) is 7.82. The van der Waals surface area contributed by atoms with Gasteiger partial charge in [0.15, 0.2) is 0 Å². The number of rotatable bonds is 4. The van der Waals surface area contributed by atoms with Gasteiger partial charge in [-0.2, -0.15) is 5.10 Å². The van der Waals surface area contributed by atoms with Gasteiger partial charge in [-0.15, -0.1) is 11.3 Å². The van der Waals surface area contributed by atoms with Crippen LogP contribution in [0.4, 0.5) is 0 Å². The molecular weight excluding hydrogens is 292 g/mol. The molecular formula is C15H15ClN2OS. The van der Waals surface area contributed by atoms with Gasteiger partial charge in [0, 0.05) is 18.4 Å². The maximum absolute atomic E-state index is 10.4. The van der Waals surface area contributed by atoms with Gasteiger partial charge in [0.25, 0.3) is 0 Å². The summed E-state index contributed by atoms with van der Waals surface area (Å²) in [6, 6.07) is 9.92. The Morgan fingerprint density at radius 3 is 2.85 bits per heavy atom. The summed E-state index contributed by atoms with van der Waals surface area (Å²) in [4.78, 5) is 0.807. The zero-order valence-corrected chi connectivity index (χ0v) is 12.7. The molecule has 0 aliphatic carbocycles. The highest BCUT2D eigenvalue weighted by Crippen LogP contribution is 2.31. The average molecular weight is 307 g/mol. The van der Waals surface area contributed by atoms with E-state index >= 15 is 0 Å². The standard InChI is InChI=1S/C15H15ClN2OS/c1-2-18-13-6-4-3-5-10(13)12(17-18)9-14(19)15-11(16)7-8-20-15/h3-8,14,19H,2,9H2,1H3. The first kappa shape index (κ1) is 13.6. The maximum atomic E-state index is 10.4. The van der Waals surface area contributed by atoms with Crippen LogP contribution in [0.25, 0.3) is 10.9 Å². The van der Waals surface area contributed by atoms with Crippen LogP contribution in [0, 0.1) is 0 Å². The number of benzene rings is 1. The Balaban J connectivity index is 1.97. The van der Waals surface area contributed by atoms with E-state index in [9.17, 15) is 5.11 Å². The SMILES string of the molecule is CCn1nc(CC(O)c2sccc2Cl)c2ccccc21. The number of halogens is 1. The summed E-state index contributed by atoms with van der Waals surface area (Å²) in [6.45, 7) is 2.88. The number of aryl methyl sites for hydroxylation is 1. The summed E-state index contributed by atoms with van der Waals surface area (Å²) in [6.07, 6.45) is -0.126. The normalized spacial score (nSPS) is 12.9. The van der Waals surface area contributed by atoms with Gasteiger partial charge < -0.3 is 5.11 Å². The summed E-state index contributed by atoms with van der Waals surface area (Å²) < 4.78 is 1.97. The second kappa shape index (κ2) is 5.56. The molecule has 5 heteroatoms. The fraction of sp³-hybridized carbons (Fsp3) is 0.267. The van der Waals surface area contributed by atoms with Crippen LogP contribution in [0.5, 0.6) is 0 Å². The molecule has 0 aliphatic rings. The molecule has 0 radical (unpaired) electrons. The van der Waals surface area contributed by atoms with Crippen LogP contribution in [0.3, 0.4) is 0 Å². The highest BCUT2D eigenvalue weighted by Gasteiger charge is 2.18. The van der Waals surface area contributed by atoms with E-state index in [1.807, 2.05) is 34.3 Å². The molecule has 3 aromatic rings. The highest BCUT2D eigenvalue weighted by atomic mass is 35.5. The van der Waals surface area contributed by atoms with Crippen LogP contribution in [0.2, 0.25) is 5.02 Å². The third kappa shape index (κ3) is 2.35. The molecule has 0 bridgehead atoms. The summed E-state index contributed by atoms with van der Waals surface area (Å²) >= 11 is 7.55. The van der Waals surface area contributed by atoms with Crippen molar-refractivity contribution in [2.75, 3.05) is 0 Å². The maximum Gasteiger partial charge on any atom is 0.0953 e. The van der Waals surface area contributed by atoms with Crippen LogP contribution in [-0.4, -0.2) is 14.9 Å². The minimum Gasteiger partial charge on any atom is -0.387 e. The second-order valence-corrected chi connectivity index (χ2v) is 5.99. The van der Waals surface area contributed by atoms with Crippen molar-refractivity contribution in [3.05, 3.63) is 51.3 Å². The van der Waals surface area contributed by atoms with Crippen molar-refractivity contribution in [3.8, 4) is 0 Å². The van der Waals surface area contributed by atoms with Crippen LogP contribution in [-0.2, 0) is 13.0 Å². The molecule has 0 fully saturated rings. The molecule has 0 saturated carbocycles. The number of hydrogen-bond donors (Lipinski definition) is 1. The summed E-state index contributed by atoms with van der Waals surface area (Å²) in [5, 5.41) is 18.6. The van der Waals surface area contributed by atoms with Gasteiger partial charge in [-0.3, -0.25) is 4.68 Å². The lowest BCUT2D eigenvalue weighted by atomic mass is 10.1. The highest BCUT2D eigenvalue weighted by molar-refractivity contribution is 7.10. The summed E-state index contributed by atoms with van der Waals surface area (Å²) in [5.41, 5.74) is 2.02. The third-order valence-electron chi connectivity index (χ3n) is 3.37. The zero-order chi connectivity index (χ0) is 14.1. The van der Waals surface area contributed by atoms with E-state index in [1.54, 1.807) is 0 Å². The van der Waals surface area contributed by atoms with Crippen LogP contribution >= 0.6 is 22.9 Å². The van der Waals surface area contributed by atoms with Gasteiger partial charge in [-0.25, -0.2) is 0 Å². The number of thiophene rings is 1. The number of aliphatic hydroxyl groups is 1. The Labute approximate surface area is 126 Å². The molecule has 2 aromatic heterocycles. The number of hydrogen-bond acceptors (Lipinski definition) is 3. The smallest absolute Gasteiger partial charge is 0.0953 e. The van der Waals surface area contributed by atoms with Crippen LogP contribution in [0.1, 0.15) is 23.6 Å². The lowest BCUT2D eigenvalue weighted by Gasteiger charge is -2.07. The van der Waals surface area contributed by atoms with Crippen molar-refractivity contribution in [3.63, 3.8) is 0 Å². The van der Waals surface area contributed by atoms with E-state index in [2.05, 4.69) is 18.1 Å². The number of aliphatic hydroxyl groups excluding tert-OH is 1. The molecule has 104 valence electrons. The number of aromatic nitrogens is 2. The van der Waals surface area contributed by atoms with Gasteiger partial charge in [-0.05, 0) is 24.4 Å². The van der Waals surface area contributed by atoms with Crippen LogP contribution in [0.15, 0.2) is 35.7 Å². The van der Waals surface area contributed by atoms with E-state index in [0.717, 1.165) is 28.0 Å². The number of nitrogens with zero attached hydrogens (tertiary/aromatic N) is 2. The Kier molecular flexibility index (Phi) is 3.78. The van der Waals surface area contributed by atoms with Crippen molar-refractivity contribution in [2.24, 2.45) is 0 Å². The zero-order valence-electron chi connectivity index (χ0n) is 11.1. The first-order chi connectivity index (χ1) is 9.70. The van der Waals surface area contributed by atoms with E-state index < -0.39 is 6.10 Å². The Hall–Kier alpha value is -1.36. The number of fused-ring (bicyclic) bond motifs is 1. The molecule has 0 saturated heterocycles. The average Bonchev–Trinajstić information content (AvgIpc) is 3.03. The largest absolute Gasteiger partial charge is 0.387 e. The minimum atomic E-state index is -0.605. The Bertz CT molecular complexity index is 734. The lowest BCUT2D eigenvalue weighted by molar-refractivity contribution is 0.181. The predicted octanol–water partition coefficient (Wildman–Crippen LogP) is 4.05. The first-order valence-electron chi connectivity index (χ1n) is 6.56. The molecule has 1 N–H and O–H groups in total. The molecule has 1 unspecified atom stereocenters. The number of para-hydroxylation sites is 1. The van der Waals surface area contributed by atoms with Crippen molar-refractivity contribution >= 4 is 33.8 Å². The van der Waals surface area contributed by atoms with Gasteiger partial charge in [-0.1, -0.05) is 29.8 Å². The molecule has 20 heavy (non-hydrogen) atoms. The minimum absolute atomic E-state index is 0.480. The van der Waals surface area contributed by atoms with Crippen molar-refractivity contribution in [1.29, 1.82) is 0 Å². The van der Waals surface area contributed by atoms with E-state index in [1.165, 1.54) is 11.3 Å². The fourth-order valence-corrected chi connectivity index (χ4v) is 3.58. The van der Waals surface area contributed by atoms with Crippen molar-refractivity contribution in [2.45, 2.75) is 26.0 Å². The third-order valence-corrected chi connectivity index (χ3v) is 4.83. The molecule has 1 aromatic carbocycles. The van der Waals surface area contributed by atoms with Gasteiger partial charge in [0.05, 0.1) is 27.2 Å². The Morgan fingerprint density at radius 2 is 2.15 bits per heavy atom. The van der Waals surface area contributed by atoms with Crippen molar-refractivity contribution in [1.82, 2.24) is 9.78 Å². The van der Waals surface area contributed by atoms with Crippen molar-refractivity contribution < 1.29 is 5.11 Å². The lowest BCUT2D eigenvalue weighted by Crippen LogP contribution is -2.03. The van der Waals surface area contributed by atoms with E-state index in [4.69, 9.17) is 11.6 Å². The molecule has 1 atom stereocenters. The van der Waals surface area contributed by atoms with Crippen LogP contribution < -0.4 is 0 Å². The molecule has 3 rings (SSSR count). The molecule has 0 aliphatic heterocycles. The summed E-state index contributed by atoms with van der Waals surface area (Å²) in [5.74, 6) is 0. The van der Waals surface area contributed by atoms with Gasteiger partial charge in [0.1, 0.15) is 0 Å². The molecule has 2 heterocycles. The fourth-order valence-electron chi connectivity index (χ4n) is 2.41. The van der Waals surface area contributed by atoms with Gasteiger partial charge in [0.2, 0.25) is 0 Å². The summed E-state index contributed by atoms with van der Waals surface area (Å²) in [7, 11) is 0. The Morgan fingerprint density at radius 1 is 1.35 bits per heavy atom. The molecule has 0 spiro atoms. The quantitative estimate of drug-likeness (QED) is 0.789. The van der Waals surface area contributed by atoms with E-state index in [0.29, 0.717) is 11.4 Å². The van der Waals surface area contributed by atoms with Gasteiger partial charge >= 0.3 is 0 Å². The molecule has 3 nitrogen and oxygen atoms in total. The second-order valence-electron chi connectivity index (χ2n) is 4.63. The van der Waals surface area contributed by atoms with E-state index in [-0.39, 0.29) is 0 Å². The topological polar surface area (TPSA) is 38.0 Å². The molecule has 0 amide bonds.